The van der Waals surface area contributed by atoms with Crippen LogP contribution in [0.15, 0.2) is 78.9 Å². The van der Waals surface area contributed by atoms with Crippen LogP contribution in [-0.2, 0) is 11.4 Å². The number of para-hydroxylation sites is 1. The zero-order chi connectivity index (χ0) is 21.8. The number of fused-ring (bicyclic) bond motifs is 1. The minimum absolute atomic E-state index is 0.257. The lowest BCUT2D eigenvalue weighted by atomic mass is 10.1. The molecular weight excluding hydrogens is 394 g/mol. The molecule has 0 aliphatic carbocycles. The summed E-state index contributed by atoms with van der Waals surface area (Å²) < 4.78 is 11.4. The van der Waals surface area contributed by atoms with E-state index in [4.69, 9.17) is 9.47 Å². The molecule has 0 aromatic heterocycles. The van der Waals surface area contributed by atoms with Crippen LogP contribution in [0.4, 0.5) is 0 Å². The number of carbonyl (C=O) groups is 3. The summed E-state index contributed by atoms with van der Waals surface area (Å²) >= 11 is 0. The molecule has 6 nitrogen and oxygen atoms in total. The SMILES string of the molecule is CC1Oc2ccccc2C(=O)N(CC(=O)c2cccc(OCc3ccccc3)c2)C1=O. The highest BCUT2D eigenvalue weighted by Crippen LogP contribution is 2.26. The summed E-state index contributed by atoms with van der Waals surface area (Å²) in [5.41, 5.74) is 1.62. The molecule has 156 valence electrons. The molecule has 1 atom stereocenters. The standard InChI is InChI=1S/C25H21NO5/c1-17-24(28)26(25(29)21-12-5-6-13-23(21)31-17)15-22(27)19-10-7-11-20(14-19)30-16-18-8-3-2-4-9-18/h2-14,17H,15-16H2,1H3. The van der Waals surface area contributed by atoms with Crippen LogP contribution in [-0.4, -0.2) is 35.1 Å². The van der Waals surface area contributed by atoms with Crippen molar-refractivity contribution in [2.75, 3.05) is 6.54 Å². The fraction of sp³-hybridized carbons (Fsp3) is 0.160. The molecule has 3 aromatic rings. The Bertz CT molecular complexity index is 1130. The van der Waals surface area contributed by atoms with E-state index < -0.39 is 17.9 Å². The first-order valence-electron chi connectivity index (χ1n) is 9.94. The smallest absolute Gasteiger partial charge is 0.270 e. The normalized spacial score (nSPS) is 15.6. The van der Waals surface area contributed by atoms with Crippen molar-refractivity contribution in [1.82, 2.24) is 4.90 Å². The highest BCUT2D eigenvalue weighted by atomic mass is 16.5. The largest absolute Gasteiger partial charge is 0.489 e. The Morgan fingerprint density at radius 2 is 1.71 bits per heavy atom. The summed E-state index contributed by atoms with van der Waals surface area (Å²) in [5.74, 6) is -0.593. The molecule has 3 aromatic carbocycles. The summed E-state index contributed by atoms with van der Waals surface area (Å²) in [6, 6.07) is 23.0. The van der Waals surface area contributed by atoms with Crippen LogP contribution in [0.25, 0.3) is 0 Å². The monoisotopic (exact) mass is 415 g/mol. The van der Waals surface area contributed by atoms with Gasteiger partial charge in [0.25, 0.3) is 11.8 Å². The molecule has 1 aliphatic heterocycles. The summed E-state index contributed by atoms with van der Waals surface area (Å²) in [5, 5.41) is 0. The van der Waals surface area contributed by atoms with Gasteiger partial charge in [-0.25, -0.2) is 0 Å². The second-order valence-electron chi connectivity index (χ2n) is 7.21. The van der Waals surface area contributed by atoms with Gasteiger partial charge in [-0.05, 0) is 36.8 Å². The number of Topliss-reactive ketones (excluding diaryl/α,β-unsaturated/α-hetero) is 1. The Labute approximate surface area is 180 Å². The van der Waals surface area contributed by atoms with Gasteiger partial charge in [-0.3, -0.25) is 19.3 Å². The summed E-state index contributed by atoms with van der Waals surface area (Å²) in [6.07, 6.45) is -0.874. The molecule has 0 saturated carbocycles. The lowest BCUT2D eigenvalue weighted by Crippen LogP contribution is -2.44. The Morgan fingerprint density at radius 1 is 0.968 bits per heavy atom. The Hall–Kier alpha value is -3.93. The lowest BCUT2D eigenvalue weighted by molar-refractivity contribution is -0.134. The highest BCUT2D eigenvalue weighted by Gasteiger charge is 2.35. The first-order chi connectivity index (χ1) is 15.0. The van der Waals surface area contributed by atoms with Gasteiger partial charge in [-0.1, -0.05) is 54.6 Å². The molecule has 1 aliphatic rings. The van der Waals surface area contributed by atoms with Crippen molar-refractivity contribution in [3.8, 4) is 11.5 Å². The van der Waals surface area contributed by atoms with E-state index in [-0.39, 0.29) is 17.9 Å². The number of ether oxygens (including phenoxy) is 2. The maximum atomic E-state index is 12.9. The van der Waals surface area contributed by atoms with Crippen molar-refractivity contribution < 1.29 is 23.9 Å². The average molecular weight is 415 g/mol. The third kappa shape index (κ3) is 4.48. The molecule has 0 bridgehead atoms. The maximum absolute atomic E-state index is 12.9. The van der Waals surface area contributed by atoms with Gasteiger partial charge in [0.05, 0.1) is 12.1 Å². The lowest BCUT2D eigenvalue weighted by Gasteiger charge is -2.19. The summed E-state index contributed by atoms with van der Waals surface area (Å²) in [4.78, 5) is 39.5. The number of imide groups is 1. The minimum Gasteiger partial charge on any atom is -0.489 e. The second kappa shape index (κ2) is 8.83. The van der Waals surface area contributed by atoms with Crippen molar-refractivity contribution in [1.29, 1.82) is 0 Å². The number of benzene rings is 3. The van der Waals surface area contributed by atoms with Crippen LogP contribution in [0.3, 0.4) is 0 Å². The number of rotatable bonds is 6. The molecular formula is C25H21NO5. The quantitative estimate of drug-likeness (QED) is 0.451. The van der Waals surface area contributed by atoms with Gasteiger partial charge in [0.1, 0.15) is 18.1 Å². The zero-order valence-corrected chi connectivity index (χ0v) is 17.0. The molecule has 4 rings (SSSR count). The second-order valence-corrected chi connectivity index (χ2v) is 7.21. The molecule has 1 heterocycles. The van der Waals surface area contributed by atoms with Crippen molar-refractivity contribution in [3.63, 3.8) is 0 Å². The number of nitrogens with zero attached hydrogens (tertiary/aromatic N) is 1. The van der Waals surface area contributed by atoms with Crippen molar-refractivity contribution in [2.45, 2.75) is 19.6 Å². The van der Waals surface area contributed by atoms with E-state index in [0.717, 1.165) is 10.5 Å². The Balaban J connectivity index is 1.51. The molecule has 31 heavy (non-hydrogen) atoms. The van der Waals surface area contributed by atoms with Crippen LogP contribution in [0.5, 0.6) is 11.5 Å². The van der Waals surface area contributed by atoms with Crippen LogP contribution in [0.1, 0.15) is 33.2 Å². The topological polar surface area (TPSA) is 72.9 Å². The number of carbonyl (C=O) groups excluding carboxylic acids is 3. The predicted molar refractivity (Wildman–Crippen MR) is 114 cm³/mol. The molecule has 0 radical (unpaired) electrons. The average Bonchev–Trinajstić information content (AvgIpc) is 2.89. The molecule has 0 N–H and O–H groups in total. The fourth-order valence-corrected chi connectivity index (χ4v) is 3.34. The van der Waals surface area contributed by atoms with Crippen molar-refractivity contribution in [2.24, 2.45) is 0 Å². The minimum atomic E-state index is -0.874. The van der Waals surface area contributed by atoms with E-state index in [1.807, 2.05) is 30.3 Å². The van der Waals surface area contributed by atoms with Crippen LogP contribution in [0.2, 0.25) is 0 Å². The van der Waals surface area contributed by atoms with Crippen LogP contribution in [0, 0.1) is 0 Å². The van der Waals surface area contributed by atoms with Gasteiger partial charge in [-0.15, -0.1) is 0 Å². The van der Waals surface area contributed by atoms with E-state index in [1.54, 1.807) is 55.5 Å². The van der Waals surface area contributed by atoms with Crippen molar-refractivity contribution in [3.05, 3.63) is 95.6 Å². The van der Waals surface area contributed by atoms with Gasteiger partial charge in [0.2, 0.25) is 0 Å². The Kier molecular flexibility index (Phi) is 5.80. The number of hydrogen-bond donors (Lipinski definition) is 0. The first kappa shape index (κ1) is 20.3. The van der Waals surface area contributed by atoms with E-state index in [1.165, 1.54) is 0 Å². The van der Waals surface area contributed by atoms with Crippen LogP contribution >= 0.6 is 0 Å². The Morgan fingerprint density at radius 3 is 2.52 bits per heavy atom. The van der Waals surface area contributed by atoms with E-state index in [9.17, 15) is 14.4 Å². The number of amides is 2. The van der Waals surface area contributed by atoms with Gasteiger partial charge >= 0.3 is 0 Å². The zero-order valence-electron chi connectivity index (χ0n) is 17.0. The molecule has 0 spiro atoms. The van der Waals surface area contributed by atoms with Gasteiger partial charge < -0.3 is 9.47 Å². The number of ketones is 1. The number of hydrogen-bond acceptors (Lipinski definition) is 5. The fourth-order valence-electron chi connectivity index (χ4n) is 3.34. The highest BCUT2D eigenvalue weighted by molar-refractivity contribution is 6.12. The molecule has 1 unspecified atom stereocenters. The summed E-state index contributed by atoms with van der Waals surface area (Å²) in [6.45, 7) is 1.56. The molecule has 0 fully saturated rings. The van der Waals surface area contributed by atoms with E-state index >= 15 is 0 Å². The third-order valence-electron chi connectivity index (χ3n) is 4.99. The van der Waals surface area contributed by atoms with E-state index in [0.29, 0.717) is 23.7 Å². The van der Waals surface area contributed by atoms with Crippen LogP contribution < -0.4 is 9.47 Å². The molecule has 0 saturated heterocycles. The van der Waals surface area contributed by atoms with Gasteiger partial charge in [-0.2, -0.15) is 0 Å². The third-order valence-corrected chi connectivity index (χ3v) is 4.99. The van der Waals surface area contributed by atoms with Crippen molar-refractivity contribution >= 4 is 17.6 Å². The predicted octanol–water partition coefficient (Wildman–Crippen LogP) is 3.90. The maximum Gasteiger partial charge on any atom is 0.270 e. The van der Waals surface area contributed by atoms with Gasteiger partial charge in [0.15, 0.2) is 11.9 Å². The van der Waals surface area contributed by atoms with E-state index in [2.05, 4.69) is 0 Å². The molecule has 2 amide bonds. The first-order valence-corrected chi connectivity index (χ1v) is 9.94. The molecule has 6 heteroatoms. The summed E-state index contributed by atoms with van der Waals surface area (Å²) in [7, 11) is 0. The van der Waals surface area contributed by atoms with Gasteiger partial charge in [0, 0.05) is 5.56 Å².